The van der Waals surface area contributed by atoms with Crippen LogP contribution in [-0.4, -0.2) is 52.0 Å². The quantitative estimate of drug-likeness (QED) is 0.930. The van der Waals surface area contributed by atoms with Crippen molar-refractivity contribution in [2.45, 2.75) is 31.8 Å². The SMILES string of the molecule is CN(Cc1ccccn1)C1CCCN(C(=O)Nc2cccnc2)CC1. The van der Waals surface area contributed by atoms with Crippen molar-refractivity contribution in [2.24, 2.45) is 0 Å². The van der Waals surface area contributed by atoms with Gasteiger partial charge in [-0.25, -0.2) is 4.79 Å². The standard InChI is InChI=1S/C19H25N5O/c1-23(15-17-6-2-3-11-21-17)18-8-5-12-24(13-9-18)19(25)22-16-7-4-10-20-14-16/h2-4,6-7,10-11,14,18H,5,8-9,12-13,15H2,1H3,(H,22,25). The van der Waals surface area contributed by atoms with Crippen molar-refractivity contribution in [1.29, 1.82) is 0 Å². The van der Waals surface area contributed by atoms with Gasteiger partial charge in [-0.05, 0) is 50.6 Å². The molecule has 1 aliphatic heterocycles. The summed E-state index contributed by atoms with van der Waals surface area (Å²) >= 11 is 0. The smallest absolute Gasteiger partial charge is 0.321 e. The zero-order valence-corrected chi connectivity index (χ0v) is 14.6. The summed E-state index contributed by atoms with van der Waals surface area (Å²) in [7, 11) is 2.14. The Morgan fingerprint density at radius 2 is 2.16 bits per heavy atom. The number of nitrogens with zero attached hydrogens (tertiary/aromatic N) is 4. The topological polar surface area (TPSA) is 61.4 Å². The van der Waals surface area contributed by atoms with E-state index in [2.05, 4.69) is 33.3 Å². The average molecular weight is 339 g/mol. The van der Waals surface area contributed by atoms with E-state index in [9.17, 15) is 4.79 Å². The fraction of sp³-hybridized carbons (Fsp3) is 0.421. The van der Waals surface area contributed by atoms with E-state index < -0.39 is 0 Å². The Hall–Kier alpha value is -2.47. The maximum absolute atomic E-state index is 12.5. The van der Waals surface area contributed by atoms with Crippen LogP contribution in [0.1, 0.15) is 25.0 Å². The van der Waals surface area contributed by atoms with Crippen molar-refractivity contribution in [2.75, 3.05) is 25.5 Å². The molecule has 0 saturated carbocycles. The first-order valence-electron chi connectivity index (χ1n) is 8.78. The van der Waals surface area contributed by atoms with E-state index in [1.165, 1.54) is 0 Å². The zero-order valence-electron chi connectivity index (χ0n) is 14.6. The molecule has 3 rings (SSSR count). The second-order valence-corrected chi connectivity index (χ2v) is 6.48. The Labute approximate surface area is 148 Å². The van der Waals surface area contributed by atoms with Crippen LogP contribution < -0.4 is 5.32 Å². The average Bonchev–Trinajstić information content (AvgIpc) is 2.90. The Bertz CT molecular complexity index is 664. The number of rotatable bonds is 4. The molecule has 1 unspecified atom stereocenters. The van der Waals surface area contributed by atoms with E-state index >= 15 is 0 Å². The molecule has 6 nitrogen and oxygen atoms in total. The second-order valence-electron chi connectivity index (χ2n) is 6.48. The van der Waals surface area contributed by atoms with E-state index in [0.717, 1.165) is 50.3 Å². The summed E-state index contributed by atoms with van der Waals surface area (Å²) in [5.74, 6) is 0. The number of amides is 2. The number of urea groups is 1. The minimum absolute atomic E-state index is 0.0407. The highest BCUT2D eigenvalue weighted by molar-refractivity contribution is 5.89. The highest BCUT2D eigenvalue weighted by Gasteiger charge is 2.23. The summed E-state index contributed by atoms with van der Waals surface area (Å²) < 4.78 is 0. The van der Waals surface area contributed by atoms with E-state index in [0.29, 0.717) is 6.04 Å². The van der Waals surface area contributed by atoms with Crippen molar-refractivity contribution in [3.63, 3.8) is 0 Å². The van der Waals surface area contributed by atoms with Crippen molar-refractivity contribution in [3.8, 4) is 0 Å². The molecule has 1 fully saturated rings. The van der Waals surface area contributed by atoms with Gasteiger partial charge in [-0.15, -0.1) is 0 Å². The fourth-order valence-corrected chi connectivity index (χ4v) is 3.24. The van der Waals surface area contributed by atoms with Crippen LogP contribution in [0.15, 0.2) is 48.9 Å². The molecule has 0 spiro atoms. The highest BCUT2D eigenvalue weighted by atomic mass is 16.2. The molecule has 2 aromatic heterocycles. The lowest BCUT2D eigenvalue weighted by Gasteiger charge is -2.27. The normalized spacial score (nSPS) is 18.0. The molecule has 0 aromatic carbocycles. The van der Waals surface area contributed by atoms with Crippen LogP contribution in [0.2, 0.25) is 0 Å². The van der Waals surface area contributed by atoms with Gasteiger partial charge in [0.1, 0.15) is 0 Å². The molecule has 0 bridgehead atoms. The third kappa shape index (κ3) is 5.00. The molecule has 0 radical (unpaired) electrons. The van der Waals surface area contributed by atoms with Gasteiger partial charge >= 0.3 is 6.03 Å². The van der Waals surface area contributed by atoms with Gasteiger partial charge in [-0.2, -0.15) is 0 Å². The predicted octanol–water partition coefficient (Wildman–Crippen LogP) is 3.00. The molecule has 1 atom stereocenters. The van der Waals surface area contributed by atoms with Crippen molar-refractivity contribution >= 4 is 11.7 Å². The number of anilines is 1. The van der Waals surface area contributed by atoms with Crippen LogP contribution in [0.5, 0.6) is 0 Å². The van der Waals surface area contributed by atoms with Crippen molar-refractivity contribution < 1.29 is 4.79 Å². The van der Waals surface area contributed by atoms with Crippen LogP contribution in [0.25, 0.3) is 0 Å². The summed E-state index contributed by atoms with van der Waals surface area (Å²) in [6.07, 6.45) is 8.28. The predicted molar refractivity (Wildman–Crippen MR) is 98.2 cm³/mol. The van der Waals surface area contributed by atoms with Gasteiger partial charge < -0.3 is 10.2 Å². The van der Waals surface area contributed by atoms with E-state index in [1.807, 2.05) is 35.4 Å². The number of carbonyl (C=O) groups excluding carboxylic acids is 1. The molecule has 6 heteroatoms. The Kier molecular flexibility index (Phi) is 5.95. The molecule has 25 heavy (non-hydrogen) atoms. The summed E-state index contributed by atoms with van der Waals surface area (Å²) in [5, 5.41) is 2.92. The monoisotopic (exact) mass is 339 g/mol. The molecule has 132 valence electrons. The van der Waals surface area contributed by atoms with Gasteiger partial charge in [0.05, 0.1) is 17.6 Å². The molecule has 2 aromatic rings. The third-order valence-electron chi connectivity index (χ3n) is 4.66. The van der Waals surface area contributed by atoms with Gasteiger partial charge in [-0.3, -0.25) is 14.9 Å². The van der Waals surface area contributed by atoms with Crippen molar-refractivity contribution in [1.82, 2.24) is 19.8 Å². The highest BCUT2D eigenvalue weighted by Crippen LogP contribution is 2.18. The fourth-order valence-electron chi connectivity index (χ4n) is 3.24. The molecule has 1 N–H and O–H groups in total. The first kappa shape index (κ1) is 17.4. The van der Waals surface area contributed by atoms with E-state index in [-0.39, 0.29) is 6.03 Å². The van der Waals surface area contributed by atoms with Gasteiger partial charge in [-0.1, -0.05) is 6.07 Å². The lowest BCUT2D eigenvalue weighted by Crippen LogP contribution is -2.37. The molecule has 0 aliphatic carbocycles. The lowest BCUT2D eigenvalue weighted by atomic mass is 10.1. The summed E-state index contributed by atoms with van der Waals surface area (Å²) in [6.45, 7) is 2.40. The Morgan fingerprint density at radius 1 is 1.24 bits per heavy atom. The van der Waals surface area contributed by atoms with E-state index in [4.69, 9.17) is 0 Å². The maximum atomic E-state index is 12.5. The van der Waals surface area contributed by atoms with Gasteiger partial charge in [0.15, 0.2) is 0 Å². The number of likely N-dealkylation sites (tertiary alicyclic amines) is 1. The lowest BCUT2D eigenvalue weighted by molar-refractivity contribution is 0.200. The molecule has 3 heterocycles. The summed E-state index contributed by atoms with van der Waals surface area (Å²) in [6, 6.07) is 10.1. The number of hydrogen-bond acceptors (Lipinski definition) is 4. The molecule has 1 saturated heterocycles. The van der Waals surface area contributed by atoms with Crippen LogP contribution in [0, 0.1) is 0 Å². The minimum atomic E-state index is -0.0407. The Balaban J connectivity index is 1.52. The van der Waals surface area contributed by atoms with Crippen LogP contribution >= 0.6 is 0 Å². The Morgan fingerprint density at radius 3 is 2.92 bits per heavy atom. The molecular weight excluding hydrogens is 314 g/mol. The largest absolute Gasteiger partial charge is 0.324 e. The zero-order chi connectivity index (χ0) is 17.5. The third-order valence-corrected chi connectivity index (χ3v) is 4.66. The maximum Gasteiger partial charge on any atom is 0.321 e. The van der Waals surface area contributed by atoms with E-state index in [1.54, 1.807) is 12.4 Å². The van der Waals surface area contributed by atoms with Crippen LogP contribution in [0.4, 0.5) is 10.5 Å². The minimum Gasteiger partial charge on any atom is -0.324 e. The van der Waals surface area contributed by atoms with Gasteiger partial charge in [0, 0.05) is 38.1 Å². The first-order valence-corrected chi connectivity index (χ1v) is 8.78. The summed E-state index contributed by atoms with van der Waals surface area (Å²) in [5.41, 5.74) is 1.82. The number of pyridine rings is 2. The number of nitrogens with one attached hydrogen (secondary N) is 1. The van der Waals surface area contributed by atoms with Crippen LogP contribution in [0.3, 0.4) is 0 Å². The number of carbonyl (C=O) groups is 1. The van der Waals surface area contributed by atoms with Gasteiger partial charge in [0.2, 0.25) is 0 Å². The second kappa shape index (κ2) is 8.58. The van der Waals surface area contributed by atoms with Crippen molar-refractivity contribution in [3.05, 3.63) is 54.6 Å². The molecule has 2 amide bonds. The van der Waals surface area contributed by atoms with Crippen LogP contribution in [-0.2, 0) is 6.54 Å². The first-order chi connectivity index (χ1) is 12.2. The number of aromatic nitrogens is 2. The van der Waals surface area contributed by atoms with Gasteiger partial charge in [0.25, 0.3) is 0 Å². The summed E-state index contributed by atoms with van der Waals surface area (Å²) in [4.78, 5) is 25.1. The molecule has 1 aliphatic rings. The number of hydrogen-bond donors (Lipinski definition) is 1. The molecular formula is C19H25N5O.